The van der Waals surface area contributed by atoms with E-state index in [1.807, 2.05) is 0 Å². The molecule has 6 heteroatoms. The van der Waals surface area contributed by atoms with Crippen molar-refractivity contribution in [1.82, 2.24) is 4.98 Å². The maximum atomic E-state index is 11.9. The predicted octanol–water partition coefficient (Wildman–Crippen LogP) is 2.54. The quantitative estimate of drug-likeness (QED) is 0.871. The molecule has 4 nitrogen and oxygen atoms in total. The van der Waals surface area contributed by atoms with E-state index in [4.69, 9.17) is 11.6 Å². The average Bonchev–Trinajstić information content (AvgIpc) is 2.33. The van der Waals surface area contributed by atoms with Gasteiger partial charge in [-0.2, -0.15) is 0 Å². The molecule has 0 aliphatic carbocycles. The molecule has 0 unspecified atom stereocenters. The van der Waals surface area contributed by atoms with Crippen LogP contribution in [0.5, 0.6) is 0 Å². The molecule has 0 radical (unpaired) electrons. The van der Waals surface area contributed by atoms with Gasteiger partial charge in [-0.15, -0.1) is 0 Å². The number of halogens is 1. The van der Waals surface area contributed by atoms with Crippen molar-refractivity contribution < 1.29 is 8.42 Å². The topological polar surface area (TPSA) is 59.1 Å². The van der Waals surface area contributed by atoms with Crippen LogP contribution >= 0.6 is 11.6 Å². The number of anilines is 1. The molecule has 1 N–H and O–H groups in total. The summed E-state index contributed by atoms with van der Waals surface area (Å²) in [6.45, 7) is 0. The molecule has 0 amide bonds. The summed E-state index contributed by atoms with van der Waals surface area (Å²) in [4.78, 5) is 4.00. The Morgan fingerprint density at radius 3 is 2.35 bits per heavy atom. The minimum atomic E-state index is -3.56. The van der Waals surface area contributed by atoms with Gasteiger partial charge in [-0.1, -0.05) is 29.8 Å². The second-order valence-corrected chi connectivity index (χ2v) is 5.36. The summed E-state index contributed by atoms with van der Waals surface area (Å²) >= 11 is 5.61. The molecule has 2 aromatic rings. The van der Waals surface area contributed by atoms with Gasteiger partial charge in [0.05, 0.1) is 16.8 Å². The molecule has 0 aliphatic rings. The zero-order chi connectivity index (χ0) is 12.3. The minimum Gasteiger partial charge on any atom is -0.278 e. The molecule has 1 aromatic heterocycles. The molecule has 17 heavy (non-hydrogen) atoms. The lowest BCUT2D eigenvalue weighted by molar-refractivity contribution is 0.601. The number of rotatable bonds is 3. The fourth-order valence-corrected chi connectivity index (χ4v) is 2.43. The van der Waals surface area contributed by atoms with Gasteiger partial charge in [0.2, 0.25) is 0 Å². The maximum absolute atomic E-state index is 11.9. The number of pyridine rings is 1. The number of sulfonamides is 1. The highest BCUT2D eigenvalue weighted by atomic mass is 35.5. The van der Waals surface area contributed by atoms with Crippen molar-refractivity contribution in [2.45, 2.75) is 4.90 Å². The monoisotopic (exact) mass is 268 g/mol. The molecule has 0 aliphatic heterocycles. The summed E-state index contributed by atoms with van der Waals surface area (Å²) in [5.41, 5.74) is 0.373. The summed E-state index contributed by atoms with van der Waals surface area (Å²) in [7, 11) is -3.56. The molecule has 88 valence electrons. The zero-order valence-electron chi connectivity index (χ0n) is 8.67. The lowest BCUT2D eigenvalue weighted by Gasteiger charge is -2.07. The number of nitrogens with zero attached hydrogens (tertiary/aromatic N) is 1. The van der Waals surface area contributed by atoms with E-state index in [0.29, 0.717) is 10.8 Å². The third kappa shape index (κ3) is 2.95. The first-order valence-corrected chi connectivity index (χ1v) is 6.63. The van der Waals surface area contributed by atoms with E-state index in [-0.39, 0.29) is 4.90 Å². The molecule has 1 heterocycles. The van der Waals surface area contributed by atoms with Crippen LogP contribution in [0.4, 0.5) is 5.69 Å². The highest BCUT2D eigenvalue weighted by Gasteiger charge is 2.13. The van der Waals surface area contributed by atoms with Gasteiger partial charge in [0.25, 0.3) is 10.0 Å². The molecular formula is C11H9ClN2O2S. The van der Waals surface area contributed by atoms with Gasteiger partial charge in [-0.05, 0) is 24.3 Å². The first-order chi connectivity index (χ1) is 8.08. The summed E-state index contributed by atoms with van der Waals surface area (Å²) < 4.78 is 26.2. The maximum Gasteiger partial charge on any atom is 0.261 e. The van der Waals surface area contributed by atoms with E-state index >= 15 is 0 Å². The van der Waals surface area contributed by atoms with Gasteiger partial charge >= 0.3 is 0 Å². The smallest absolute Gasteiger partial charge is 0.261 e. The van der Waals surface area contributed by atoms with Gasteiger partial charge in [0, 0.05) is 0 Å². The largest absolute Gasteiger partial charge is 0.278 e. The van der Waals surface area contributed by atoms with Crippen molar-refractivity contribution in [2.24, 2.45) is 0 Å². The fourth-order valence-electron chi connectivity index (χ4n) is 1.25. The lowest BCUT2D eigenvalue weighted by atomic mass is 10.4. The van der Waals surface area contributed by atoms with Crippen LogP contribution in [0.15, 0.2) is 53.6 Å². The Labute approximate surface area is 104 Å². The molecule has 0 fully saturated rings. The van der Waals surface area contributed by atoms with Crippen LogP contribution in [0.3, 0.4) is 0 Å². The Kier molecular flexibility index (Phi) is 3.31. The highest BCUT2D eigenvalue weighted by Crippen LogP contribution is 2.15. The van der Waals surface area contributed by atoms with Crippen LogP contribution in [0, 0.1) is 0 Å². The second-order valence-electron chi connectivity index (χ2n) is 3.29. The van der Waals surface area contributed by atoms with E-state index in [1.165, 1.54) is 24.4 Å². The summed E-state index contributed by atoms with van der Waals surface area (Å²) in [6, 6.07) is 11.2. The van der Waals surface area contributed by atoms with Crippen LogP contribution in [0.25, 0.3) is 0 Å². The molecule has 0 saturated heterocycles. The second kappa shape index (κ2) is 4.73. The third-order valence-electron chi connectivity index (χ3n) is 2.03. The number of aromatic nitrogens is 1. The first kappa shape index (κ1) is 11.9. The lowest BCUT2D eigenvalue weighted by Crippen LogP contribution is -2.12. The van der Waals surface area contributed by atoms with Gasteiger partial charge in [-0.3, -0.25) is 4.72 Å². The zero-order valence-corrected chi connectivity index (χ0v) is 10.2. The van der Waals surface area contributed by atoms with Crippen molar-refractivity contribution in [3.05, 3.63) is 53.8 Å². The van der Waals surface area contributed by atoms with Crippen LogP contribution in [0.2, 0.25) is 5.15 Å². The molecular weight excluding hydrogens is 260 g/mol. The molecule has 0 bridgehead atoms. The predicted molar refractivity (Wildman–Crippen MR) is 66.5 cm³/mol. The molecule has 2 rings (SSSR count). The minimum absolute atomic E-state index is 0.204. The van der Waals surface area contributed by atoms with Crippen molar-refractivity contribution in [3.63, 3.8) is 0 Å². The van der Waals surface area contributed by atoms with Gasteiger partial charge < -0.3 is 0 Å². The van der Waals surface area contributed by atoms with E-state index in [9.17, 15) is 8.42 Å². The Bertz CT molecular complexity index is 597. The van der Waals surface area contributed by atoms with Crippen molar-refractivity contribution >= 4 is 27.3 Å². The Morgan fingerprint density at radius 2 is 1.76 bits per heavy atom. The van der Waals surface area contributed by atoms with E-state index in [2.05, 4.69) is 9.71 Å². The van der Waals surface area contributed by atoms with Crippen molar-refractivity contribution in [1.29, 1.82) is 0 Å². The normalized spacial score (nSPS) is 11.1. The highest BCUT2D eigenvalue weighted by molar-refractivity contribution is 7.92. The summed E-state index contributed by atoms with van der Waals surface area (Å²) in [5.74, 6) is 0. The SMILES string of the molecule is O=S(=O)(Nc1ccc(Cl)nc1)c1ccccc1. The van der Waals surface area contributed by atoms with Crippen molar-refractivity contribution in [3.8, 4) is 0 Å². The molecule has 0 atom stereocenters. The van der Waals surface area contributed by atoms with Gasteiger partial charge in [-0.25, -0.2) is 13.4 Å². The molecule has 0 saturated carbocycles. The Morgan fingerprint density at radius 1 is 1.06 bits per heavy atom. The average molecular weight is 269 g/mol. The molecule has 0 spiro atoms. The number of hydrogen-bond donors (Lipinski definition) is 1. The van der Waals surface area contributed by atoms with E-state index in [1.54, 1.807) is 24.3 Å². The number of benzene rings is 1. The third-order valence-corrected chi connectivity index (χ3v) is 3.65. The Hall–Kier alpha value is -1.59. The molecule has 1 aromatic carbocycles. The van der Waals surface area contributed by atoms with Crippen LogP contribution in [-0.4, -0.2) is 13.4 Å². The van der Waals surface area contributed by atoms with E-state index in [0.717, 1.165) is 0 Å². The standard InChI is InChI=1S/C11H9ClN2O2S/c12-11-7-6-9(8-13-11)14-17(15,16)10-4-2-1-3-5-10/h1-8,14H. The first-order valence-electron chi connectivity index (χ1n) is 4.77. The summed E-state index contributed by atoms with van der Waals surface area (Å²) in [6.07, 6.45) is 1.36. The van der Waals surface area contributed by atoms with E-state index < -0.39 is 10.0 Å². The Balaban J connectivity index is 2.27. The van der Waals surface area contributed by atoms with Crippen LogP contribution in [-0.2, 0) is 10.0 Å². The van der Waals surface area contributed by atoms with Crippen molar-refractivity contribution in [2.75, 3.05) is 4.72 Å². The number of hydrogen-bond acceptors (Lipinski definition) is 3. The van der Waals surface area contributed by atoms with Crippen LogP contribution < -0.4 is 4.72 Å². The number of nitrogens with one attached hydrogen (secondary N) is 1. The summed E-state index contributed by atoms with van der Waals surface area (Å²) in [5, 5.41) is 0.313. The van der Waals surface area contributed by atoms with Gasteiger partial charge in [0.15, 0.2) is 0 Å². The van der Waals surface area contributed by atoms with Gasteiger partial charge in [0.1, 0.15) is 5.15 Å². The fraction of sp³-hybridized carbons (Fsp3) is 0. The van der Waals surface area contributed by atoms with Crippen LogP contribution in [0.1, 0.15) is 0 Å².